The third kappa shape index (κ3) is 3.41. The molecule has 1 atom stereocenters. The summed E-state index contributed by atoms with van der Waals surface area (Å²) in [4.78, 5) is 10.2. The zero-order valence-corrected chi connectivity index (χ0v) is 17.9. The van der Waals surface area contributed by atoms with Gasteiger partial charge in [0, 0.05) is 53.4 Å². The Bertz CT molecular complexity index is 1360. The fourth-order valence-corrected chi connectivity index (χ4v) is 4.74. The lowest BCUT2D eigenvalue weighted by atomic mass is 9.98. The van der Waals surface area contributed by atoms with Gasteiger partial charge < -0.3 is 14.5 Å². The largest absolute Gasteiger partial charge is 0.486 e. The van der Waals surface area contributed by atoms with Crippen LogP contribution in [-0.2, 0) is 0 Å². The van der Waals surface area contributed by atoms with E-state index in [1.807, 2.05) is 31.3 Å². The first-order valence-corrected chi connectivity index (χ1v) is 11.0. The highest BCUT2D eigenvalue weighted by atomic mass is 19.1. The highest BCUT2D eigenvalue weighted by Gasteiger charge is 2.26. The summed E-state index contributed by atoms with van der Waals surface area (Å²) in [6, 6.07) is 12.9. The van der Waals surface area contributed by atoms with Gasteiger partial charge in [0.15, 0.2) is 11.5 Å². The molecule has 1 unspecified atom stereocenters. The van der Waals surface area contributed by atoms with Gasteiger partial charge in [-0.15, -0.1) is 0 Å². The van der Waals surface area contributed by atoms with Gasteiger partial charge in [-0.05, 0) is 61.4 Å². The molecule has 5 nitrogen and oxygen atoms in total. The van der Waals surface area contributed by atoms with Gasteiger partial charge in [0.2, 0.25) is 0 Å². The van der Waals surface area contributed by atoms with Crippen LogP contribution in [0.4, 0.5) is 4.39 Å². The van der Waals surface area contributed by atoms with Crippen LogP contribution in [0.5, 0.6) is 11.5 Å². The Hall–Kier alpha value is -3.38. The fraction of sp³-hybridized carbons (Fsp3) is 0.269. The fourth-order valence-electron chi connectivity index (χ4n) is 4.74. The van der Waals surface area contributed by atoms with Crippen LogP contribution in [0.2, 0.25) is 0 Å². The number of benzene rings is 2. The summed E-state index contributed by atoms with van der Waals surface area (Å²) in [5.74, 6) is 1.37. The van der Waals surface area contributed by atoms with Gasteiger partial charge in [-0.3, -0.25) is 9.88 Å². The van der Waals surface area contributed by atoms with Crippen LogP contribution in [-0.4, -0.2) is 47.2 Å². The molecule has 2 aromatic carbocycles. The Balaban J connectivity index is 1.17. The average molecular weight is 429 g/mol. The predicted molar refractivity (Wildman–Crippen MR) is 124 cm³/mol. The summed E-state index contributed by atoms with van der Waals surface area (Å²) in [7, 11) is 0. The monoisotopic (exact) mass is 429 g/mol. The molecule has 2 aromatic heterocycles. The van der Waals surface area contributed by atoms with Crippen LogP contribution in [0, 0.1) is 12.7 Å². The van der Waals surface area contributed by atoms with Crippen molar-refractivity contribution in [3.63, 3.8) is 0 Å². The van der Waals surface area contributed by atoms with E-state index in [-0.39, 0.29) is 11.9 Å². The lowest BCUT2D eigenvalue weighted by Crippen LogP contribution is -2.42. The van der Waals surface area contributed by atoms with E-state index in [1.165, 1.54) is 11.6 Å². The van der Waals surface area contributed by atoms with Crippen molar-refractivity contribution in [3.8, 4) is 11.5 Å². The zero-order valence-electron chi connectivity index (χ0n) is 17.9. The molecule has 32 heavy (non-hydrogen) atoms. The number of aryl methyl sites for hydroxylation is 1. The van der Waals surface area contributed by atoms with Crippen molar-refractivity contribution in [1.82, 2.24) is 14.9 Å². The summed E-state index contributed by atoms with van der Waals surface area (Å²) < 4.78 is 26.1. The molecular formula is C26H24FN3O2. The average Bonchev–Trinajstić information content (AvgIpc) is 3.22. The van der Waals surface area contributed by atoms with Crippen molar-refractivity contribution in [2.24, 2.45) is 0 Å². The highest BCUT2D eigenvalue weighted by Crippen LogP contribution is 2.38. The summed E-state index contributed by atoms with van der Waals surface area (Å²) in [5.41, 5.74) is 5.23. The van der Waals surface area contributed by atoms with E-state index in [0.717, 1.165) is 70.6 Å². The molecule has 6 heteroatoms. The van der Waals surface area contributed by atoms with E-state index < -0.39 is 0 Å². The third-order valence-corrected chi connectivity index (χ3v) is 6.38. The van der Waals surface area contributed by atoms with Crippen molar-refractivity contribution >= 4 is 27.4 Å². The maximum atomic E-state index is 13.7. The summed E-state index contributed by atoms with van der Waals surface area (Å²) >= 11 is 0. The van der Waals surface area contributed by atoms with Gasteiger partial charge in [-0.2, -0.15) is 0 Å². The van der Waals surface area contributed by atoms with Crippen LogP contribution in [0.25, 0.3) is 27.4 Å². The molecule has 2 aliphatic rings. The molecule has 0 saturated heterocycles. The molecule has 0 radical (unpaired) electrons. The maximum Gasteiger partial charge on any atom is 0.171 e. The Morgan fingerprint density at radius 1 is 1.16 bits per heavy atom. The first-order valence-electron chi connectivity index (χ1n) is 11.0. The number of halogens is 1. The van der Waals surface area contributed by atoms with Crippen molar-refractivity contribution in [2.45, 2.75) is 19.4 Å². The van der Waals surface area contributed by atoms with E-state index in [9.17, 15) is 4.39 Å². The lowest BCUT2D eigenvalue weighted by Gasteiger charge is -2.33. The minimum Gasteiger partial charge on any atom is -0.486 e. The number of pyridine rings is 1. The Labute approximate surface area is 185 Å². The number of fused-ring (bicyclic) bond motifs is 4. The predicted octanol–water partition coefficient (Wildman–Crippen LogP) is 5.09. The molecule has 4 heterocycles. The van der Waals surface area contributed by atoms with Crippen molar-refractivity contribution in [1.29, 1.82) is 0 Å². The first-order chi connectivity index (χ1) is 15.6. The number of nitrogens with one attached hydrogen (secondary N) is 1. The zero-order chi connectivity index (χ0) is 21.7. The van der Waals surface area contributed by atoms with E-state index in [1.54, 1.807) is 12.1 Å². The molecule has 0 bridgehead atoms. The van der Waals surface area contributed by atoms with Crippen LogP contribution in [0.1, 0.15) is 17.7 Å². The molecule has 6 rings (SSSR count). The molecule has 0 spiro atoms. The number of aromatic amines is 1. The number of aromatic nitrogens is 2. The molecule has 0 aliphatic carbocycles. The Morgan fingerprint density at radius 3 is 2.97 bits per heavy atom. The van der Waals surface area contributed by atoms with E-state index in [2.05, 4.69) is 27.0 Å². The van der Waals surface area contributed by atoms with Crippen LogP contribution in [0.15, 0.2) is 54.7 Å². The van der Waals surface area contributed by atoms with E-state index in [0.29, 0.717) is 6.61 Å². The molecule has 162 valence electrons. The molecule has 4 aromatic rings. The lowest BCUT2D eigenvalue weighted by molar-refractivity contribution is 0.0632. The second-order valence-electron chi connectivity index (χ2n) is 8.59. The maximum absolute atomic E-state index is 13.7. The van der Waals surface area contributed by atoms with Crippen LogP contribution < -0.4 is 9.47 Å². The molecule has 2 aliphatic heterocycles. The first kappa shape index (κ1) is 19.3. The number of hydrogen-bond donors (Lipinski definition) is 1. The molecule has 0 amide bonds. The molecule has 1 N–H and O–H groups in total. The minimum atomic E-state index is -0.205. The SMILES string of the molecule is Cc1ccc2c3c(ccc2n1)OCC(CN1CC=C(c2c[nH]c4ccc(F)cc24)CC1)O3. The van der Waals surface area contributed by atoms with Crippen molar-refractivity contribution in [2.75, 3.05) is 26.2 Å². The standard InChI is InChI=1S/C26H24FN3O2/c1-16-2-4-20-24(29-16)6-7-25-26(20)32-19(15-31-25)14-30-10-8-17(9-11-30)22-13-28-23-5-3-18(27)12-21(22)23/h2-8,12-13,19,28H,9-11,14-15H2,1H3. The van der Waals surface area contributed by atoms with Gasteiger partial charge in [-0.25, -0.2) is 4.39 Å². The van der Waals surface area contributed by atoms with Crippen molar-refractivity contribution < 1.29 is 13.9 Å². The molecular weight excluding hydrogens is 405 g/mol. The van der Waals surface area contributed by atoms with Crippen molar-refractivity contribution in [3.05, 3.63) is 71.8 Å². The summed E-state index contributed by atoms with van der Waals surface area (Å²) in [5, 5.41) is 1.94. The smallest absolute Gasteiger partial charge is 0.171 e. The minimum absolute atomic E-state index is 0.0356. The number of rotatable bonds is 3. The van der Waals surface area contributed by atoms with Gasteiger partial charge >= 0.3 is 0 Å². The second-order valence-corrected chi connectivity index (χ2v) is 8.59. The van der Waals surface area contributed by atoms with Gasteiger partial charge in [0.25, 0.3) is 0 Å². The quantitative estimate of drug-likeness (QED) is 0.493. The number of hydrogen-bond acceptors (Lipinski definition) is 4. The Morgan fingerprint density at radius 2 is 2.09 bits per heavy atom. The molecule has 0 saturated carbocycles. The second kappa shape index (κ2) is 7.64. The summed E-state index contributed by atoms with van der Waals surface area (Å²) in [6.07, 6.45) is 5.12. The van der Waals surface area contributed by atoms with E-state index in [4.69, 9.17) is 9.47 Å². The number of H-pyrrole nitrogens is 1. The number of nitrogens with zero attached hydrogens (tertiary/aromatic N) is 2. The molecule has 0 fully saturated rings. The van der Waals surface area contributed by atoms with Crippen LogP contribution >= 0.6 is 0 Å². The van der Waals surface area contributed by atoms with Gasteiger partial charge in [0.1, 0.15) is 18.5 Å². The van der Waals surface area contributed by atoms with Gasteiger partial charge in [-0.1, -0.05) is 6.08 Å². The van der Waals surface area contributed by atoms with E-state index >= 15 is 0 Å². The normalized spacial score (nSPS) is 18.8. The highest BCUT2D eigenvalue weighted by molar-refractivity contribution is 5.93. The number of ether oxygens (including phenoxy) is 2. The Kier molecular flexibility index (Phi) is 4.61. The van der Waals surface area contributed by atoms with Crippen LogP contribution in [0.3, 0.4) is 0 Å². The third-order valence-electron chi connectivity index (χ3n) is 6.38. The topological polar surface area (TPSA) is 50.4 Å². The van der Waals surface area contributed by atoms with Gasteiger partial charge in [0.05, 0.1) is 5.52 Å². The summed E-state index contributed by atoms with van der Waals surface area (Å²) in [6.45, 7) is 5.08.